The SMILES string of the molecule is O=C(NCCc1cccc(F)c1)N1CCCCC1. The van der Waals surface area contributed by atoms with Gasteiger partial charge in [-0.25, -0.2) is 9.18 Å². The predicted molar refractivity (Wildman–Crippen MR) is 68.9 cm³/mol. The molecule has 3 nitrogen and oxygen atoms in total. The van der Waals surface area contributed by atoms with E-state index >= 15 is 0 Å². The number of hydrogen-bond donors (Lipinski definition) is 1. The molecule has 0 atom stereocenters. The number of piperidine rings is 1. The van der Waals surface area contributed by atoms with Crippen LogP contribution in [0.2, 0.25) is 0 Å². The Balaban J connectivity index is 1.73. The number of nitrogens with one attached hydrogen (secondary N) is 1. The number of halogens is 1. The molecule has 1 fully saturated rings. The lowest BCUT2D eigenvalue weighted by molar-refractivity contribution is 0.186. The van der Waals surface area contributed by atoms with Crippen molar-refractivity contribution >= 4 is 6.03 Å². The van der Waals surface area contributed by atoms with E-state index in [-0.39, 0.29) is 11.8 Å². The highest BCUT2D eigenvalue weighted by Gasteiger charge is 2.15. The largest absolute Gasteiger partial charge is 0.338 e. The van der Waals surface area contributed by atoms with E-state index in [9.17, 15) is 9.18 Å². The molecule has 4 heteroatoms. The van der Waals surface area contributed by atoms with Gasteiger partial charge >= 0.3 is 6.03 Å². The van der Waals surface area contributed by atoms with Crippen LogP contribution >= 0.6 is 0 Å². The Morgan fingerprint density at radius 2 is 2.06 bits per heavy atom. The molecule has 1 aromatic rings. The number of amides is 2. The molecule has 0 unspecified atom stereocenters. The van der Waals surface area contributed by atoms with Crippen LogP contribution in [0.1, 0.15) is 24.8 Å². The van der Waals surface area contributed by atoms with E-state index in [1.165, 1.54) is 18.6 Å². The number of nitrogens with zero attached hydrogens (tertiary/aromatic N) is 1. The van der Waals surface area contributed by atoms with Crippen molar-refractivity contribution in [2.45, 2.75) is 25.7 Å². The summed E-state index contributed by atoms with van der Waals surface area (Å²) in [6.07, 6.45) is 4.07. The molecule has 0 saturated carbocycles. The molecule has 98 valence electrons. The minimum atomic E-state index is -0.227. The van der Waals surface area contributed by atoms with Gasteiger partial charge in [-0.15, -0.1) is 0 Å². The molecule has 1 aromatic carbocycles. The maximum absolute atomic E-state index is 12.9. The van der Waals surface area contributed by atoms with Crippen molar-refractivity contribution in [3.63, 3.8) is 0 Å². The third-order valence-corrected chi connectivity index (χ3v) is 3.22. The molecule has 1 N–H and O–H groups in total. The average molecular weight is 250 g/mol. The van der Waals surface area contributed by atoms with Crippen LogP contribution < -0.4 is 5.32 Å². The van der Waals surface area contributed by atoms with E-state index in [0.717, 1.165) is 31.5 Å². The molecule has 0 radical (unpaired) electrons. The molecule has 1 aliphatic heterocycles. The second-order valence-electron chi connectivity index (χ2n) is 4.66. The number of benzene rings is 1. The van der Waals surface area contributed by atoms with Gasteiger partial charge in [-0.2, -0.15) is 0 Å². The van der Waals surface area contributed by atoms with E-state index in [4.69, 9.17) is 0 Å². The van der Waals surface area contributed by atoms with Gasteiger partial charge in [-0.1, -0.05) is 12.1 Å². The van der Waals surface area contributed by atoms with Gasteiger partial charge in [0.25, 0.3) is 0 Å². The summed E-state index contributed by atoms with van der Waals surface area (Å²) in [5.41, 5.74) is 0.911. The molecular formula is C14H19FN2O. The molecule has 18 heavy (non-hydrogen) atoms. The second kappa shape index (κ2) is 6.38. The van der Waals surface area contributed by atoms with E-state index < -0.39 is 0 Å². The van der Waals surface area contributed by atoms with Gasteiger partial charge in [0, 0.05) is 19.6 Å². The van der Waals surface area contributed by atoms with Crippen LogP contribution in [0.15, 0.2) is 24.3 Å². The van der Waals surface area contributed by atoms with Gasteiger partial charge in [0.15, 0.2) is 0 Å². The van der Waals surface area contributed by atoms with Gasteiger partial charge in [0.05, 0.1) is 0 Å². The lowest BCUT2D eigenvalue weighted by Gasteiger charge is -2.26. The number of carbonyl (C=O) groups excluding carboxylic acids is 1. The first kappa shape index (κ1) is 12.9. The van der Waals surface area contributed by atoms with Crippen molar-refractivity contribution in [3.05, 3.63) is 35.6 Å². The highest BCUT2D eigenvalue weighted by Crippen LogP contribution is 2.08. The highest BCUT2D eigenvalue weighted by molar-refractivity contribution is 5.74. The molecule has 1 saturated heterocycles. The number of hydrogen-bond acceptors (Lipinski definition) is 1. The van der Waals surface area contributed by atoms with E-state index in [2.05, 4.69) is 5.32 Å². The van der Waals surface area contributed by atoms with Crippen LogP contribution in [0.5, 0.6) is 0 Å². The van der Waals surface area contributed by atoms with Gasteiger partial charge in [0.1, 0.15) is 5.82 Å². The summed E-state index contributed by atoms with van der Waals surface area (Å²) in [6, 6.07) is 6.50. The quantitative estimate of drug-likeness (QED) is 0.878. The van der Waals surface area contributed by atoms with Crippen molar-refractivity contribution in [1.29, 1.82) is 0 Å². The summed E-state index contributed by atoms with van der Waals surface area (Å²) in [6.45, 7) is 2.26. The average Bonchev–Trinajstić information content (AvgIpc) is 2.40. The Labute approximate surface area is 107 Å². The first-order chi connectivity index (χ1) is 8.75. The summed E-state index contributed by atoms with van der Waals surface area (Å²) in [4.78, 5) is 13.7. The molecule has 0 bridgehead atoms. The monoisotopic (exact) mass is 250 g/mol. The molecule has 0 aliphatic carbocycles. The Morgan fingerprint density at radius 1 is 1.28 bits per heavy atom. The van der Waals surface area contributed by atoms with Crippen molar-refractivity contribution in [2.75, 3.05) is 19.6 Å². The standard InChI is InChI=1S/C14H19FN2O/c15-13-6-4-5-12(11-13)7-8-16-14(18)17-9-2-1-3-10-17/h4-6,11H,1-3,7-10H2,(H,16,18). The molecule has 0 spiro atoms. The fourth-order valence-corrected chi connectivity index (χ4v) is 2.22. The third-order valence-electron chi connectivity index (χ3n) is 3.22. The lowest BCUT2D eigenvalue weighted by atomic mass is 10.1. The summed E-state index contributed by atoms with van der Waals surface area (Å²) < 4.78 is 12.9. The normalized spacial score (nSPS) is 15.5. The number of carbonyl (C=O) groups is 1. The van der Waals surface area contributed by atoms with Crippen LogP contribution in [-0.4, -0.2) is 30.6 Å². The Kier molecular flexibility index (Phi) is 4.56. The van der Waals surface area contributed by atoms with E-state index in [1.807, 2.05) is 11.0 Å². The van der Waals surface area contributed by atoms with Gasteiger partial charge < -0.3 is 10.2 Å². The molecule has 2 rings (SSSR count). The number of urea groups is 1. The van der Waals surface area contributed by atoms with Crippen molar-refractivity contribution in [2.24, 2.45) is 0 Å². The van der Waals surface area contributed by atoms with Crippen molar-refractivity contribution < 1.29 is 9.18 Å². The maximum Gasteiger partial charge on any atom is 0.317 e. The zero-order chi connectivity index (χ0) is 12.8. The lowest BCUT2D eigenvalue weighted by Crippen LogP contribution is -2.43. The molecule has 0 aromatic heterocycles. The highest BCUT2D eigenvalue weighted by atomic mass is 19.1. The molecule has 2 amide bonds. The Hall–Kier alpha value is -1.58. The molecule has 1 aliphatic rings. The number of likely N-dealkylation sites (tertiary alicyclic amines) is 1. The maximum atomic E-state index is 12.9. The Bertz CT molecular complexity index is 403. The summed E-state index contributed by atoms with van der Waals surface area (Å²) in [7, 11) is 0. The second-order valence-corrected chi connectivity index (χ2v) is 4.66. The zero-order valence-electron chi connectivity index (χ0n) is 10.5. The van der Waals surface area contributed by atoms with Crippen molar-refractivity contribution in [1.82, 2.24) is 10.2 Å². The smallest absolute Gasteiger partial charge is 0.317 e. The minimum absolute atomic E-state index is 0.00565. The Morgan fingerprint density at radius 3 is 2.78 bits per heavy atom. The minimum Gasteiger partial charge on any atom is -0.338 e. The fraction of sp³-hybridized carbons (Fsp3) is 0.500. The summed E-state index contributed by atoms with van der Waals surface area (Å²) in [5.74, 6) is -0.227. The number of rotatable bonds is 3. The van der Waals surface area contributed by atoms with Gasteiger partial charge in [0.2, 0.25) is 0 Å². The van der Waals surface area contributed by atoms with Crippen LogP contribution in [0.25, 0.3) is 0 Å². The first-order valence-electron chi connectivity index (χ1n) is 6.53. The van der Waals surface area contributed by atoms with Crippen LogP contribution in [-0.2, 0) is 6.42 Å². The molecule has 1 heterocycles. The van der Waals surface area contributed by atoms with Gasteiger partial charge in [-0.05, 0) is 43.4 Å². The van der Waals surface area contributed by atoms with Crippen molar-refractivity contribution in [3.8, 4) is 0 Å². The predicted octanol–water partition coefficient (Wildman–Crippen LogP) is 2.56. The van der Waals surface area contributed by atoms with Crippen LogP contribution in [0.3, 0.4) is 0 Å². The van der Waals surface area contributed by atoms with E-state index in [1.54, 1.807) is 6.07 Å². The third kappa shape index (κ3) is 3.72. The topological polar surface area (TPSA) is 32.3 Å². The van der Waals surface area contributed by atoms with E-state index in [0.29, 0.717) is 13.0 Å². The zero-order valence-corrected chi connectivity index (χ0v) is 10.5. The molecular weight excluding hydrogens is 231 g/mol. The summed E-state index contributed by atoms with van der Waals surface area (Å²) >= 11 is 0. The van der Waals surface area contributed by atoms with Crippen LogP contribution in [0, 0.1) is 5.82 Å². The first-order valence-corrected chi connectivity index (χ1v) is 6.53. The van der Waals surface area contributed by atoms with Gasteiger partial charge in [-0.3, -0.25) is 0 Å². The fourth-order valence-electron chi connectivity index (χ4n) is 2.22. The summed E-state index contributed by atoms with van der Waals surface area (Å²) in [5, 5.41) is 2.88. The van der Waals surface area contributed by atoms with Crippen LogP contribution in [0.4, 0.5) is 9.18 Å².